The number of hydrogen-bond donors (Lipinski definition) is 1. The van der Waals surface area contributed by atoms with Crippen LogP contribution in [-0.4, -0.2) is 5.11 Å². The summed E-state index contributed by atoms with van der Waals surface area (Å²) in [5.74, 6) is 0.370. The molecule has 1 atom stereocenters. The Bertz CT molecular complexity index is 346. The highest BCUT2D eigenvalue weighted by Gasteiger charge is 2.20. The van der Waals surface area contributed by atoms with Gasteiger partial charge in [0, 0.05) is 0 Å². The molecule has 18 heavy (non-hydrogen) atoms. The zero-order valence-corrected chi connectivity index (χ0v) is 12.5. The molecule has 102 valence electrons. The Morgan fingerprint density at radius 3 is 1.89 bits per heavy atom. The molecular formula is C17H28O. The van der Waals surface area contributed by atoms with Crippen molar-refractivity contribution >= 4 is 0 Å². The summed E-state index contributed by atoms with van der Waals surface area (Å²) in [6.07, 6.45) is 2.86. The lowest BCUT2D eigenvalue weighted by molar-refractivity contribution is 0.103. The summed E-state index contributed by atoms with van der Waals surface area (Å²) in [6, 6.07) is 8.53. The molecule has 0 saturated heterocycles. The van der Waals surface area contributed by atoms with Gasteiger partial charge < -0.3 is 5.11 Å². The maximum atomic E-state index is 10.3. The summed E-state index contributed by atoms with van der Waals surface area (Å²) >= 11 is 0. The van der Waals surface area contributed by atoms with Gasteiger partial charge in [0.1, 0.15) is 0 Å². The minimum atomic E-state index is -0.321. The molecule has 1 N–H and O–H groups in total. The Kier molecular flexibility index (Phi) is 5.40. The van der Waals surface area contributed by atoms with E-state index in [1.54, 1.807) is 0 Å². The second-order valence-corrected chi connectivity index (χ2v) is 5.88. The predicted octanol–water partition coefficient (Wildman–Crippen LogP) is 4.84. The van der Waals surface area contributed by atoms with E-state index >= 15 is 0 Å². The van der Waals surface area contributed by atoms with Crippen molar-refractivity contribution in [1.82, 2.24) is 0 Å². The van der Waals surface area contributed by atoms with Crippen LogP contribution in [-0.2, 0) is 5.41 Å². The quantitative estimate of drug-likeness (QED) is 0.763. The van der Waals surface area contributed by atoms with Crippen molar-refractivity contribution in [3.8, 4) is 0 Å². The van der Waals surface area contributed by atoms with E-state index < -0.39 is 0 Å². The van der Waals surface area contributed by atoms with Crippen LogP contribution in [0.15, 0.2) is 24.3 Å². The van der Waals surface area contributed by atoms with Crippen LogP contribution in [0.3, 0.4) is 0 Å². The lowest BCUT2D eigenvalue weighted by Crippen LogP contribution is -2.16. The first-order valence-corrected chi connectivity index (χ1v) is 7.24. The fraction of sp³-hybridized carbons (Fsp3) is 0.647. The molecule has 1 rings (SSSR count). The summed E-state index contributed by atoms with van der Waals surface area (Å²) < 4.78 is 0. The van der Waals surface area contributed by atoms with Gasteiger partial charge in [-0.2, -0.15) is 0 Å². The van der Waals surface area contributed by atoms with Gasteiger partial charge >= 0.3 is 0 Å². The molecule has 0 aliphatic carbocycles. The highest BCUT2D eigenvalue weighted by molar-refractivity contribution is 5.29. The molecule has 0 aliphatic rings. The van der Waals surface area contributed by atoms with Gasteiger partial charge in [-0.05, 0) is 28.9 Å². The van der Waals surface area contributed by atoms with E-state index in [-0.39, 0.29) is 11.5 Å². The van der Waals surface area contributed by atoms with Gasteiger partial charge in [-0.1, -0.05) is 71.7 Å². The largest absolute Gasteiger partial charge is 0.388 e. The summed E-state index contributed by atoms with van der Waals surface area (Å²) in [4.78, 5) is 0. The second-order valence-electron chi connectivity index (χ2n) is 5.88. The van der Waals surface area contributed by atoms with E-state index in [1.807, 2.05) is 0 Å². The Hall–Kier alpha value is -0.820. The minimum Gasteiger partial charge on any atom is -0.388 e. The van der Waals surface area contributed by atoms with Crippen LogP contribution in [0.1, 0.15) is 71.1 Å². The molecule has 0 saturated carbocycles. The topological polar surface area (TPSA) is 20.2 Å². The van der Waals surface area contributed by atoms with E-state index in [4.69, 9.17) is 0 Å². The molecule has 0 aromatic heterocycles. The average molecular weight is 248 g/mol. The lowest BCUT2D eigenvalue weighted by atomic mass is 9.81. The zero-order valence-electron chi connectivity index (χ0n) is 12.5. The summed E-state index contributed by atoms with van der Waals surface area (Å²) in [7, 11) is 0. The lowest BCUT2D eigenvalue weighted by Gasteiger charge is -2.25. The molecule has 0 bridgehead atoms. The Morgan fingerprint density at radius 2 is 1.50 bits per heavy atom. The summed E-state index contributed by atoms with van der Waals surface area (Å²) in [5.41, 5.74) is 2.63. The van der Waals surface area contributed by atoms with E-state index in [1.165, 1.54) is 5.56 Å². The zero-order chi connectivity index (χ0) is 13.8. The maximum Gasteiger partial charge on any atom is 0.0818 e. The monoisotopic (exact) mass is 248 g/mol. The van der Waals surface area contributed by atoms with Gasteiger partial charge in [0.2, 0.25) is 0 Å². The molecule has 0 amide bonds. The molecule has 0 spiro atoms. The van der Waals surface area contributed by atoms with Gasteiger partial charge in [-0.3, -0.25) is 0 Å². The smallest absolute Gasteiger partial charge is 0.0818 e. The first-order valence-electron chi connectivity index (χ1n) is 7.24. The van der Waals surface area contributed by atoms with Crippen LogP contribution >= 0.6 is 0 Å². The number of benzene rings is 1. The third kappa shape index (κ3) is 3.35. The highest BCUT2D eigenvalue weighted by atomic mass is 16.3. The number of aliphatic hydroxyl groups excluding tert-OH is 1. The van der Waals surface area contributed by atoms with Crippen LogP contribution < -0.4 is 0 Å². The molecular weight excluding hydrogens is 220 g/mol. The van der Waals surface area contributed by atoms with E-state index in [0.717, 1.165) is 24.8 Å². The van der Waals surface area contributed by atoms with Gasteiger partial charge in [-0.15, -0.1) is 0 Å². The van der Waals surface area contributed by atoms with Gasteiger partial charge in [-0.25, -0.2) is 0 Å². The first-order chi connectivity index (χ1) is 8.46. The fourth-order valence-electron chi connectivity index (χ4n) is 2.34. The molecule has 1 aromatic carbocycles. The number of rotatable bonds is 6. The molecule has 1 heteroatoms. The SMILES string of the molecule is CCC(CC)C(O)c1ccc(C(C)(C)CC)cc1. The summed E-state index contributed by atoms with van der Waals surface area (Å²) in [5, 5.41) is 10.3. The van der Waals surface area contributed by atoms with Crippen molar-refractivity contribution in [2.45, 2.75) is 65.4 Å². The number of aliphatic hydroxyl groups is 1. The van der Waals surface area contributed by atoms with Crippen molar-refractivity contribution in [2.24, 2.45) is 5.92 Å². The normalized spacial score (nSPS) is 13.9. The van der Waals surface area contributed by atoms with E-state index in [0.29, 0.717) is 5.92 Å². The van der Waals surface area contributed by atoms with E-state index in [2.05, 4.69) is 58.9 Å². The van der Waals surface area contributed by atoms with Gasteiger partial charge in [0.15, 0.2) is 0 Å². The molecule has 0 fully saturated rings. The molecule has 1 unspecified atom stereocenters. The molecule has 0 aliphatic heterocycles. The third-order valence-corrected chi connectivity index (χ3v) is 4.41. The Morgan fingerprint density at radius 1 is 1.00 bits per heavy atom. The van der Waals surface area contributed by atoms with Crippen molar-refractivity contribution < 1.29 is 5.11 Å². The molecule has 1 aromatic rings. The first kappa shape index (κ1) is 15.2. The van der Waals surface area contributed by atoms with Crippen LogP contribution in [0, 0.1) is 5.92 Å². The van der Waals surface area contributed by atoms with E-state index in [9.17, 15) is 5.11 Å². The van der Waals surface area contributed by atoms with Crippen molar-refractivity contribution in [1.29, 1.82) is 0 Å². The van der Waals surface area contributed by atoms with Crippen LogP contribution in [0.5, 0.6) is 0 Å². The van der Waals surface area contributed by atoms with Crippen LogP contribution in [0.4, 0.5) is 0 Å². The third-order valence-electron chi connectivity index (χ3n) is 4.41. The fourth-order valence-corrected chi connectivity index (χ4v) is 2.34. The van der Waals surface area contributed by atoms with Crippen molar-refractivity contribution in [3.05, 3.63) is 35.4 Å². The summed E-state index contributed by atoms with van der Waals surface area (Å²) in [6.45, 7) is 11.0. The standard InChI is InChI=1S/C17H28O/c1-6-13(7-2)16(18)14-9-11-15(12-10-14)17(4,5)8-3/h9-13,16,18H,6-8H2,1-5H3. The second kappa shape index (κ2) is 6.38. The van der Waals surface area contributed by atoms with Gasteiger partial charge in [0.05, 0.1) is 6.10 Å². The van der Waals surface area contributed by atoms with Crippen molar-refractivity contribution in [2.75, 3.05) is 0 Å². The Labute approximate surface area is 112 Å². The van der Waals surface area contributed by atoms with Gasteiger partial charge in [0.25, 0.3) is 0 Å². The number of hydrogen-bond acceptors (Lipinski definition) is 1. The van der Waals surface area contributed by atoms with Crippen LogP contribution in [0.25, 0.3) is 0 Å². The molecule has 0 radical (unpaired) electrons. The highest BCUT2D eigenvalue weighted by Crippen LogP contribution is 2.31. The maximum absolute atomic E-state index is 10.3. The van der Waals surface area contributed by atoms with Crippen LogP contribution in [0.2, 0.25) is 0 Å². The Balaban J connectivity index is 2.89. The predicted molar refractivity (Wildman–Crippen MR) is 78.8 cm³/mol. The van der Waals surface area contributed by atoms with Crippen molar-refractivity contribution in [3.63, 3.8) is 0 Å². The average Bonchev–Trinajstić information content (AvgIpc) is 2.40. The molecule has 1 nitrogen and oxygen atoms in total. The molecule has 0 heterocycles. The minimum absolute atomic E-state index is 0.221.